The molecule has 7 heteroatoms. The molecule has 28 heavy (non-hydrogen) atoms. The second-order valence-corrected chi connectivity index (χ2v) is 9.19. The summed E-state index contributed by atoms with van der Waals surface area (Å²) in [5.74, 6) is -0.922. The fourth-order valence-electron chi connectivity index (χ4n) is 3.28. The number of nitrogens with zero attached hydrogens (tertiary/aromatic N) is 1. The lowest BCUT2D eigenvalue weighted by atomic mass is 10.00. The highest BCUT2D eigenvalue weighted by Crippen LogP contribution is 2.18. The molecule has 0 aromatic heterocycles. The van der Waals surface area contributed by atoms with Crippen LogP contribution in [0.3, 0.4) is 0 Å². The lowest BCUT2D eigenvalue weighted by molar-refractivity contribution is -0.134. The molecule has 0 bridgehead atoms. The van der Waals surface area contributed by atoms with Crippen LogP contribution in [-0.4, -0.2) is 56.4 Å². The summed E-state index contributed by atoms with van der Waals surface area (Å²) in [6, 6.07) is 16.6. The van der Waals surface area contributed by atoms with E-state index in [9.17, 15) is 18.0 Å². The largest absolute Gasteiger partial charge is 0.452 e. The summed E-state index contributed by atoms with van der Waals surface area (Å²) in [6.45, 7) is -0.411. The van der Waals surface area contributed by atoms with Gasteiger partial charge in [-0.15, -0.1) is 0 Å². The minimum atomic E-state index is -3.09. The van der Waals surface area contributed by atoms with E-state index in [0.29, 0.717) is 18.4 Å². The standard InChI is InChI=1S/C21H23NO5S/c1-22(18-11-12-28(25,26)15-18)20(23)14-27-21(24)19-10-6-5-9-17(19)13-16-7-3-2-4-8-16/h2-10,18H,11-15H2,1H3/t18-/m0/s1. The Morgan fingerprint density at radius 1 is 1.07 bits per heavy atom. The van der Waals surface area contributed by atoms with Crippen LogP contribution < -0.4 is 0 Å². The lowest BCUT2D eigenvalue weighted by Crippen LogP contribution is -2.40. The Balaban J connectivity index is 1.61. The summed E-state index contributed by atoms with van der Waals surface area (Å²) in [6.07, 6.45) is 0.998. The zero-order valence-corrected chi connectivity index (χ0v) is 16.5. The van der Waals surface area contributed by atoms with Crippen molar-refractivity contribution in [3.8, 4) is 0 Å². The number of hydrogen-bond acceptors (Lipinski definition) is 5. The number of sulfone groups is 1. The van der Waals surface area contributed by atoms with Crippen LogP contribution in [0.5, 0.6) is 0 Å². The van der Waals surface area contributed by atoms with Crippen molar-refractivity contribution < 1.29 is 22.7 Å². The number of likely N-dealkylation sites (N-methyl/N-ethyl adjacent to an activating group) is 1. The molecule has 1 aliphatic rings. The van der Waals surface area contributed by atoms with Crippen molar-refractivity contribution in [1.82, 2.24) is 4.90 Å². The number of rotatable bonds is 6. The van der Waals surface area contributed by atoms with E-state index in [1.54, 1.807) is 19.2 Å². The quantitative estimate of drug-likeness (QED) is 0.693. The molecule has 1 amide bonds. The molecule has 0 spiro atoms. The third kappa shape index (κ3) is 4.98. The predicted molar refractivity (Wildman–Crippen MR) is 106 cm³/mol. The van der Waals surface area contributed by atoms with Crippen LogP contribution in [0, 0.1) is 0 Å². The van der Waals surface area contributed by atoms with Crippen molar-refractivity contribution in [2.45, 2.75) is 18.9 Å². The van der Waals surface area contributed by atoms with Crippen molar-refractivity contribution >= 4 is 21.7 Å². The molecule has 0 saturated carbocycles. The first-order valence-electron chi connectivity index (χ1n) is 9.11. The highest BCUT2D eigenvalue weighted by atomic mass is 32.2. The fraction of sp³-hybridized carbons (Fsp3) is 0.333. The maximum atomic E-state index is 12.5. The second kappa shape index (κ2) is 8.56. The predicted octanol–water partition coefficient (Wildman–Crippen LogP) is 2.08. The molecule has 3 rings (SSSR count). The highest BCUT2D eigenvalue weighted by molar-refractivity contribution is 7.91. The maximum absolute atomic E-state index is 12.5. The zero-order chi connectivity index (χ0) is 20.1. The Hall–Kier alpha value is -2.67. The monoisotopic (exact) mass is 401 g/mol. The second-order valence-electron chi connectivity index (χ2n) is 6.96. The minimum absolute atomic E-state index is 0.0386. The van der Waals surface area contributed by atoms with Gasteiger partial charge in [0.1, 0.15) is 0 Å². The Labute approximate surface area is 165 Å². The lowest BCUT2D eigenvalue weighted by Gasteiger charge is -2.23. The minimum Gasteiger partial charge on any atom is -0.452 e. The van der Waals surface area contributed by atoms with Gasteiger partial charge < -0.3 is 9.64 Å². The molecule has 1 saturated heterocycles. The van der Waals surface area contributed by atoms with E-state index in [0.717, 1.165) is 11.1 Å². The van der Waals surface area contributed by atoms with Gasteiger partial charge in [-0.1, -0.05) is 48.5 Å². The van der Waals surface area contributed by atoms with Gasteiger partial charge in [-0.05, 0) is 30.0 Å². The first-order valence-corrected chi connectivity index (χ1v) is 10.9. The van der Waals surface area contributed by atoms with Crippen LogP contribution >= 0.6 is 0 Å². The van der Waals surface area contributed by atoms with Crippen LogP contribution in [0.4, 0.5) is 0 Å². The number of ether oxygens (including phenoxy) is 1. The summed E-state index contributed by atoms with van der Waals surface area (Å²) >= 11 is 0. The number of amides is 1. The van der Waals surface area contributed by atoms with Gasteiger partial charge in [-0.2, -0.15) is 0 Å². The molecule has 0 N–H and O–H groups in total. The maximum Gasteiger partial charge on any atom is 0.338 e. The molecule has 1 heterocycles. The Kier molecular flexibility index (Phi) is 6.14. The van der Waals surface area contributed by atoms with Gasteiger partial charge >= 0.3 is 5.97 Å². The van der Waals surface area contributed by atoms with Gasteiger partial charge in [-0.3, -0.25) is 4.79 Å². The van der Waals surface area contributed by atoms with Gasteiger partial charge in [-0.25, -0.2) is 13.2 Å². The summed E-state index contributed by atoms with van der Waals surface area (Å²) in [4.78, 5) is 26.2. The van der Waals surface area contributed by atoms with E-state index >= 15 is 0 Å². The van der Waals surface area contributed by atoms with E-state index < -0.39 is 28.3 Å². The van der Waals surface area contributed by atoms with Crippen LogP contribution in [0.15, 0.2) is 54.6 Å². The Morgan fingerprint density at radius 3 is 2.43 bits per heavy atom. The smallest absolute Gasteiger partial charge is 0.338 e. The average Bonchev–Trinajstić information content (AvgIpc) is 3.06. The van der Waals surface area contributed by atoms with E-state index in [2.05, 4.69) is 0 Å². The Bertz CT molecular complexity index is 956. The number of carbonyl (C=O) groups excluding carboxylic acids is 2. The van der Waals surface area contributed by atoms with Crippen molar-refractivity contribution in [3.63, 3.8) is 0 Å². The molecule has 6 nitrogen and oxygen atoms in total. The third-order valence-electron chi connectivity index (χ3n) is 4.95. The zero-order valence-electron chi connectivity index (χ0n) is 15.7. The van der Waals surface area contributed by atoms with Gasteiger partial charge in [0, 0.05) is 13.1 Å². The normalized spacial score (nSPS) is 17.8. The van der Waals surface area contributed by atoms with E-state index in [1.807, 2.05) is 42.5 Å². The Morgan fingerprint density at radius 2 is 1.75 bits per heavy atom. The average molecular weight is 401 g/mol. The van der Waals surface area contributed by atoms with Crippen molar-refractivity contribution in [2.24, 2.45) is 0 Å². The van der Waals surface area contributed by atoms with Crippen molar-refractivity contribution in [2.75, 3.05) is 25.2 Å². The fourth-order valence-corrected chi connectivity index (χ4v) is 5.06. The van der Waals surface area contributed by atoms with Crippen LogP contribution in [0.1, 0.15) is 27.9 Å². The van der Waals surface area contributed by atoms with Crippen LogP contribution in [0.2, 0.25) is 0 Å². The van der Waals surface area contributed by atoms with E-state index in [1.165, 1.54) is 4.90 Å². The molecule has 0 radical (unpaired) electrons. The van der Waals surface area contributed by atoms with Gasteiger partial charge in [0.2, 0.25) is 0 Å². The number of benzene rings is 2. The molecular weight excluding hydrogens is 378 g/mol. The SMILES string of the molecule is CN(C(=O)COC(=O)c1ccccc1Cc1ccccc1)[C@H]1CCS(=O)(=O)C1. The molecule has 1 atom stereocenters. The van der Waals surface area contributed by atoms with Crippen molar-refractivity contribution in [3.05, 3.63) is 71.3 Å². The number of carbonyl (C=O) groups is 2. The summed E-state index contributed by atoms with van der Waals surface area (Å²) in [5.41, 5.74) is 2.31. The summed E-state index contributed by atoms with van der Waals surface area (Å²) in [7, 11) is -1.54. The number of hydrogen-bond donors (Lipinski definition) is 0. The third-order valence-corrected chi connectivity index (χ3v) is 6.70. The molecule has 1 fully saturated rings. The van der Waals surface area contributed by atoms with Gasteiger partial charge in [0.05, 0.1) is 17.1 Å². The topological polar surface area (TPSA) is 80.8 Å². The molecular formula is C21H23NO5S. The molecule has 0 unspecified atom stereocenters. The molecule has 2 aromatic carbocycles. The number of esters is 1. The first kappa shape index (κ1) is 20.1. The van der Waals surface area contributed by atoms with E-state index in [4.69, 9.17) is 4.74 Å². The van der Waals surface area contributed by atoms with Gasteiger partial charge in [0.25, 0.3) is 5.91 Å². The highest BCUT2D eigenvalue weighted by Gasteiger charge is 2.33. The molecule has 148 valence electrons. The van der Waals surface area contributed by atoms with Crippen molar-refractivity contribution in [1.29, 1.82) is 0 Å². The summed E-state index contributed by atoms with van der Waals surface area (Å²) in [5, 5.41) is 0. The van der Waals surface area contributed by atoms with E-state index in [-0.39, 0.29) is 17.5 Å². The first-order chi connectivity index (χ1) is 13.4. The van der Waals surface area contributed by atoms with Crippen LogP contribution in [0.25, 0.3) is 0 Å². The molecule has 0 aliphatic carbocycles. The van der Waals surface area contributed by atoms with Crippen LogP contribution in [-0.2, 0) is 25.8 Å². The molecule has 1 aliphatic heterocycles. The summed E-state index contributed by atoms with van der Waals surface area (Å²) < 4.78 is 28.4. The van der Waals surface area contributed by atoms with Gasteiger partial charge in [0.15, 0.2) is 16.4 Å². The molecule has 2 aromatic rings.